The van der Waals surface area contributed by atoms with Crippen LogP contribution < -0.4 is 10.2 Å². The molecule has 0 aliphatic heterocycles. The minimum atomic E-state index is -0.309. The molecule has 0 atom stereocenters. The molecular weight excluding hydrogens is 259 g/mol. The van der Waals surface area contributed by atoms with E-state index in [9.17, 15) is 4.39 Å². The van der Waals surface area contributed by atoms with Crippen LogP contribution >= 0.6 is 0 Å². The first-order chi connectivity index (χ1) is 9.70. The Hall–Kier alpha value is -2.70. The average molecular weight is 272 g/mol. The highest BCUT2D eigenvalue weighted by atomic mass is 19.1. The average Bonchev–Trinajstić information content (AvgIpc) is 2.94. The van der Waals surface area contributed by atoms with Gasteiger partial charge in [-0.25, -0.2) is 4.39 Å². The molecule has 0 aliphatic carbocycles. The van der Waals surface area contributed by atoms with E-state index in [1.807, 2.05) is 0 Å². The number of nitrogens with zero attached hydrogens (tertiary/aromatic N) is 4. The molecule has 2 N–H and O–H groups in total. The lowest BCUT2D eigenvalue weighted by molar-refractivity contribution is 0.627. The first-order valence-corrected chi connectivity index (χ1v) is 6.08. The van der Waals surface area contributed by atoms with Gasteiger partial charge in [0.15, 0.2) is 5.65 Å². The molecule has 0 amide bonds. The normalized spacial score (nSPS) is 10.8. The number of H-pyrrole nitrogens is 1. The van der Waals surface area contributed by atoms with Gasteiger partial charge in [0.25, 0.3) is 0 Å². The van der Waals surface area contributed by atoms with Gasteiger partial charge in [-0.3, -0.25) is 5.10 Å². The van der Waals surface area contributed by atoms with Crippen LogP contribution in [0.3, 0.4) is 0 Å². The molecule has 3 aromatic rings. The fourth-order valence-corrected chi connectivity index (χ4v) is 2.02. The molecular formula is C13H13FN6. The summed E-state index contributed by atoms with van der Waals surface area (Å²) < 4.78 is 13.9. The van der Waals surface area contributed by atoms with Crippen molar-refractivity contribution in [3.63, 3.8) is 0 Å². The fraction of sp³-hybridized carbons (Fsp3) is 0.154. The van der Waals surface area contributed by atoms with Crippen molar-refractivity contribution in [2.45, 2.75) is 0 Å². The van der Waals surface area contributed by atoms with Crippen molar-refractivity contribution >= 4 is 28.5 Å². The van der Waals surface area contributed by atoms with E-state index in [2.05, 4.69) is 25.5 Å². The Bertz CT molecular complexity index is 753. The summed E-state index contributed by atoms with van der Waals surface area (Å²) in [6.45, 7) is 0. The van der Waals surface area contributed by atoms with E-state index in [-0.39, 0.29) is 5.82 Å². The molecule has 2 heterocycles. The third-order valence-electron chi connectivity index (χ3n) is 3.04. The van der Waals surface area contributed by atoms with Crippen molar-refractivity contribution in [3.05, 3.63) is 36.3 Å². The zero-order chi connectivity index (χ0) is 14.1. The van der Waals surface area contributed by atoms with Crippen molar-refractivity contribution in [3.8, 4) is 0 Å². The zero-order valence-electron chi connectivity index (χ0n) is 11.1. The minimum absolute atomic E-state index is 0.309. The van der Waals surface area contributed by atoms with Crippen LogP contribution in [0.15, 0.2) is 30.5 Å². The van der Waals surface area contributed by atoms with E-state index in [1.165, 1.54) is 6.07 Å². The Morgan fingerprint density at radius 3 is 2.80 bits per heavy atom. The fourth-order valence-electron chi connectivity index (χ4n) is 2.02. The monoisotopic (exact) mass is 272 g/mol. The van der Waals surface area contributed by atoms with E-state index in [4.69, 9.17) is 0 Å². The van der Waals surface area contributed by atoms with Crippen LogP contribution in [0.5, 0.6) is 0 Å². The summed E-state index contributed by atoms with van der Waals surface area (Å²) in [5.74, 6) is 0.717. The maximum Gasteiger partial charge on any atom is 0.226 e. The second-order valence-electron chi connectivity index (χ2n) is 4.26. The molecule has 0 saturated heterocycles. The standard InChI is InChI=1S/C13H13FN6/c1-15-13-17-11-8(7-16-19-11)12(18-13)20(2)10-6-4-3-5-9(10)14/h3-7H,1-2H3,(H2,15,16,17,18,19). The molecule has 0 radical (unpaired) electrons. The molecule has 102 valence electrons. The van der Waals surface area contributed by atoms with Crippen molar-refractivity contribution in [1.82, 2.24) is 20.2 Å². The number of hydrogen-bond acceptors (Lipinski definition) is 5. The largest absolute Gasteiger partial charge is 0.357 e. The highest BCUT2D eigenvalue weighted by Gasteiger charge is 2.16. The lowest BCUT2D eigenvalue weighted by atomic mass is 10.2. The van der Waals surface area contributed by atoms with Gasteiger partial charge < -0.3 is 10.2 Å². The Labute approximate surface area is 114 Å². The lowest BCUT2D eigenvalue weighted by Crippen LogP contribution is -2.14. The number of rotatable bonds is 3. The highest BCUT2D eigenvalue weighted by Crippen LogP contribution is 2.30. The van der Waals surface area contributed by atoms with Gasteiger partial charge in [-0.2, -0.15) is 15.1 Å². The van der Waals surface area contributed by atoms with Crippen LogP contribution in [0.2, 0.25) is 0 Å². The number of aromatic nitrogens is 4. The second-order valence-corrected chi connectivity index (χ2v) is 4.26. The van der Waals surface area contributed by atoms with Crippen LogP contribution in [-0.4, -0.2) is 34.3 Å². The van der Waals surface area contributed by atoms with Crippen LogP contribution in [0, 0.1) is 5.82 Å². The predicted octanol–water partition coefficient (Wildman–Crippen LogP) is 2.30. The summed E-state index contributed by atoms with van der Waals surface area (Å²) in [4.78, 5) is 10.3. The van der Waals surface area contributed by atoms with E-state index in [0.717, 1.165) is 5.39 Å². The molecule has 0 spiro atoms. The molecule has 0 bridgehead atoms. The van der Waals surface area contributed by atoms with Gasteiger partial charge in [-0.1, -0.05) is 12.1 Å². The van der Waals surface area contributed by atoms with E-state index >= 15 is 0 Å². The number of halogens is 1. The molecule has 0 unspecified atom stereocenters. The number of para-hydroxylation sites is 1. The molecule has 0 aliphatic rings. The van der Waals surface area contributed by atoms with Crippen molar-refractivity contribution in [1.29, 1.82) is 0 Å². The molecule has 3 rings (SSSR count). The maximum atomic E-state index is 13.9. The number of anilines is 3. The van der Waals surface area contributed by atoms with Gasteiger partial charge >= 0.3 is 0 Å². The predicted molar refractivity (Wildman–Crippen MR) is 75.7 cm³/mol. The summed E-state index contributed by atoms with van der Waals surface area (Å²) in [5.41, 5.74) is 1.04. The quantitative estimate of drug-likeness (QED) is 0.765. The van der Waals surface area contributed by atoms with Gasteiger partial charge in [0.1, 0.15) is 11.6 Å². The summed E-state index contributed by atoms with van der Waals surface area (Å²) in [7, 11) is 3.48. The number of fused-ring (bicyclic) bond motifs is 1. The molecule has 6 nitrogen and oxygen atoms in total. The Morgan fingerprint density at radius 1 is 1.25 bits per heavy atom. The molecule has 1 aromatic carbocycles. The minimum Gasteiger partial charge on any atom is -0.357 e. The van der Waals surface area contributed by atoms with Crippen molar-refractivity contribution < 1.29 is 4.39 Å². The zero-order valence-corrected chi connectivity index (χ0v) is 11.1. The smallest absolute Gasteiger partial charge is 0.226 e. The molecule has 20 heavy (non-hydrogen) atoms. The third-order valence-corrected chi connectivity index (χ3v) is 3.04. The summed E-state index contributed by atoms with van der Waals surface area (Å²) in [6.07, 6.45) is 1.63. The Kier molecular flexibility index (Phi) is 2.94. The molecule has 0 saturated carbocycles. The third kappa shape index (κ3) is 1.93. The topological polar surface area (TPSA) is 69.7 Å². The van der Waals surface area contributed by atoms with Crippen LogP contribution in [0.25, 0.3) is 11.0 Å². The second kappa shape index (κ2) is 4.76. The van der Waals surface area contributed by atoms with Crippen molar-refractivity contribution in [2.24, 2.45) is 0 Å². The van der Waals surface area contributed by atoms with Gasteiger partial charge in [0.2, 0.25) is 5.95 Å². The number of hydrogen-bond donors (Lipinski definition) is 2. The molecule has 2 aromatic heterocycles. The van der Waals surface area contributed by atoms with E-state index in [1.54, 1.807) is 43.4 Å². The number of nitrogens with one attached hydrogen (secondary N) is 2. The number of aromatic amines is 1. The summed E-state index contributed by atoms with van der Waals surface area (Å²) in [5, 5.41) is 10.4. The first-order valence-electron chi connectivity index (χ1n) is 6.08. The Balaban J connectivity index is 2.18. The van der Waals surface area contributed by atoms with Crippen LogP contribution in [0.1, 0.15) is 0 Å². The SMILES string of the molecule is CNc1nc(N(C)c2ccccc2F)c2cn[nH]c2n1. The summed E-state index contributed by atoms with van der Waals surface area (Å²) in [6, 6.07) is 6.54. The van der Waals surface area contributed by atoms with Gasteiger partial charge in [0.05, 0.1) is 17.3 Å². The van der Waals surface area contributed by atoms with Crippen LogP contribution in [0.4, 0.5) is 21.8 Å². The molecule has 0 fully saturated rings. The van der Waals surface area contributed by atoms with Gasteiger partial charge in [-0.15, -0.1) is 0 Å². The van der Waals surface area contributed by atoms with Gasteiger partial charge in [0, 0.05) is 14.1 Å². The molecule has 7 heteroatoms. The Morgan fingerprint density at radius 2 is 2.05 bits per heavy atom. The number of benzene rings is 1. The summed E-state index contributed by atoms with van der Waals surface area (Å²) >= 11 is 0. The van der Waals surface area contributed by atoms with E-state index < -0.39 is 0 Å². The first kappa shape index (κ1) is 12.3. The lowest BCUT2D eigenvalue weighted by Gasteiger charge is -2.19. The maximum absolute atomic E-state index is 13.9. The van der Waals surface area contributed by atoms with Crippen LogP contribution in [-0.2, 0) is 0 Å². The highest BCUT2D eigenvalue weighted by molar-refractivity contribution is 5.89. The van der Waals surface area contributed by atoms with E-state index in [0.29, 0.717) is 23.1 Å². The van der Waals surface area contributed by atoms with Crippen molar-refractivity contribution in [2.75, 3.05) is 24.3 Å². The van der Waals surface area contributed by atoms with Gasteiger partial charge in [-0.05, 0) is 12.1 Å².